The number of carbonyl (C=O) groups is 2. The molecule has 0 saturated heterocycles. The minimum absolute atomic E-state index is 0.206. The molecule has 6 nitrogen and oxygen atoms in total. The van der Waals surface area contributed by atoms with Crippen molar-refractivity contribution in [1.82, 2.24) is 9.78 Å². The van der Waals surface area contributed by atoms with Crippen molar-refractivity contribution in [3.8, 4) is 0 Å². The number of thioether (sulfide) groups is 1. The molecule has 2 N–H and O–H groups in total. The molecular formula is C18H15N3O3S. The van der Waals surface area contributed by atoms with Gasteiger partial charge in [-0.25, -0.2) is 4.79 Å². The first-order valence-electron chi connectivity index (χ1n) is 7.51. The first-order chi connectivity index (χ1) is 12.1. The molecule has 0 spiro atoms. The number of carbonyl (C=O) groups excluding carboxylic acids is 2. The lowest BCUT2D eigenvalue weighted by atomic mass is 10.2. The Hall–Kier alpha value is -3.06. The maximum Gasteiger partial charge on any atom is 0.348 e. The largest absolute Gasteiger partial charge is 0.348 e. The zero-order valence-electron chi connectivity index (χ0n) is 13.4. The Kier molecular flexibility index (Phi) is 4.85. The van der Waals surface area contributed by atoms with Crippen LogP contribution in [-0.2, 0) is 0 Å². The number of hydrogen-bond donors (Lipinski definition) is 2. The Morgan fingerprint density at radius 3 is 2.24 bits per heavy atom. The highest BCUT2D eigenvalue weighted by atomic mass is 32.2. The van der Waals surface area contributed by atoms with Gasteiger partial charge in [0.05, 0.1) is 0 Å². The number of benzene rings is 2. The average Bonchev–Trinajstić information content (AvgIpc) is 2.91. The molecule has 1 heterocycles. The van der Waals surface area contributed by atoms with Gasteiger partial charge in [-0.05, 0) is 30.8 Å². The van der Waals surface area contributed by atoms with E-state index in [1.807, 2.05) is 12.1 Å². The van der Waals surface area contributed by atoms with E-state index in [9.17, 15) is 14.4 Å². The smallest absolute Gasteiger partial charge is 0.306 e. The van der Waals surface area contributed by atoms with Crippen LogP contribution in [0.5, 0.6) is 0 Å². The van der Waals surface area contributed by atoms with E-state index < -0.39 is 11.6 Å². The fraction of sp³-hybridized carbons (Fsp3) is 0.0556. The summed E-state index contributed by atoms with van der Waals surface area (Å²) in [7, 11) is 0. The number of aryl methyl sites for hydroxylation is 1. The minimum Gasteiger partial charge on any atom is -0.306 e. The van der Waals surface area contributed by atoms with Crippen LogP contribution in [0.25, 0.3) is 0 Å². The summed E-state index contributed by atoms with van der Waals surface area (Å²) < 4.78 is 0.864. The molecule has 0 aliphatic carbocycles. The standard InChI is InChI=1S/C18H15N3O3S/c1-12-15(25-17(23)13-8-4-2-5-9-13)16(22)21(20-12)18(24)19-14-10-6-3-7-11-14/h2-11,20H,1H3,(H,19,24). The third-order valence-electron chi connectivity index (χ3n) is 3.45. The van der Waals surface area contributed by atoms with Crippen LogP contribution < -0.4 is 10.9 Å². The van der Waals surface area contributed by atoms with Gasteiger partial charge >= 0.3 is 6.03 Å². The second-order valence-electron chi connectivity index (χ2n) is 5.26. The first kappa shape index (κ1) is 16.8. The summed E-state index contributed by atoms with van der Waals surface area (Å²) in [6, 6.07) is 16.9. The quantitative estimate of drug-likeness (QED) is 0.706. The molecule has 0 fully saturated rings. The van der Waals surface area contributed by atoms with Crippen molar-refractivity contribution in [2.45, 2.75) is 11.8 Å². The number of hydrogen-bond acceptors (Lipinski definition) is 4. The molecule has 25 heavy (non-hydrogen) atoms. The number of amides is 1. The summed E-state index contributed by atoms with van der Waals surface area (Å²) in [4.78, 5) is 37.3. The molecular weight excluding hydrogens is 338 g/mol. The summed E-state index contributed by atoms with van der Waals surface area (Å²) in [5.41, 5.74) is 0.969. The van der Waals surface area contributed by atoms with Crippen LogP contribution in [0.3, 0.4) is 0 Å². The van der Waals surface area contributed by atoms with Crippen LogP contribution in [0, 0.1) is 6.92 Å². The second kappa shape index (κ2) is 7.23. The maximum absolute atomic E-state index is 12.5. The molecule has 0 unspecified atom stereocenters. The Bertz CT molecular complexity index is 962. The fourth-order valence-corrected chi connectivity index (χ4v) is 3.04. The molecule has 0 atom stereocenters. The zero-order valence-corrected chi connectivity index (χ0v) is 14.2. The fourth-order valence-electron chi connectivity index (χ4n) is 2.22. The van der Waals surface area contributed by atoms with Gasteiger partial charge in [0.1, 0.15) is 4.90 Å². The number of aromatic amines is 1. The summed E-state index contributed by atoms with van der Waals surface area (Å²) >= 11 is 0.811. The van der Waals surface area contributed by atoms with E-state index in [1.165, 1.54) is 0 Å². The average molecular weight is 353 g/mol. The van der Waals surface area contributed by atoms with Crippen molar-refractivity contribution in [2.75, 3.05) is 5.32 Å². The number of para-hydroxylation sites is 1. The number of rotatable bonds is 3. The number of H-pyrrole nitrogens is 1. The monoisotopic (exact) mass is 353 g/mol. The van der Waals surface area contributed by atoms with Crippen molar-refractivity contribution in [3.05, 3.63) is 82.3 Å². The highest BCUT2D eigenvalue weighted by Crippen LogP contribution is 2.22. The number of nitrogens with zero attached hydrogens (tertiary/aromatic N) is 1. The highest BCUT2D eigenvalue weighted by molar-refractivity contribution is 8.14. The SMILES string of the molecule is Cc1[nH]n(C(=O)Nc2ccccc2)c(=O)c1SC(=O)c1ccccc1. The zero-order chi connectivity index (χ0) is 17.8. The molecule has 3 aromatic rings. The van der Waals surface area contributed by atoms with Gasteiger partial charge in [-0.3, -0.25) is 14.7 Å². The normalized spacial score (nSPS) is 10.4. The van der Waals surface area contributed by atoms with Gasteiger partial charge in [0, 0.05) is 16.9 Å². The number of aromatic nitrogens is 2. The molecule has 0 bridgehead atoms. The molecule has 2 aromatic carbocycles. The topological polar surface area (TPSA) is 84.0 Å². The summed E-state index contributed by atoms with van der Waals surface area (Å²) in [5, 5.41) is 5.08. The van der Waals surface area contributed by atoms with E-state index >= 15 is 0 Å². The lowest BCUT2D eigenvalue weighted by molar-refractivity contribution is 0.108. The third kappa shape index (κ3) is 3.72. The maximum atomic E-state index is 12.5. The molecule has 7 heteroatoms. The molecule has 1 aromatic heterocycles. The van der Waals surface area contributed by atoms with Gasteiger partial charge in [0.15, 0.2) is 0 Å². The predicted molar refractivity (Wildman–Crippen MR) is 97.3 cm³/mol. The van der Waals surface area contributed by atoms with E-state index in [0.29, 0.717) is 16.9 Å². The van der Waals surface area contributed by atoms with Crippen LogP contribution in [0.4, 0.5) is 10.5 Å². The summed E-state index contributed by atoms with van der Waals surface area (Å²) in [6.45, 7) is 1.65. The molecule has 0 aliphatic heterocycles. The van der Waals surface area contributed by atoms with Crippen LogP contribution in [-0.4, -0.2) is 20.9 Å². The third-order valence-corrected chi connectivity index (χ3v) is 4.56. The molecule has 3 rings (SSSR count). The lowest BCUT2D eigenvalue weighted by Crippen LogP contribution is -2.30. The van der Waals surface area contributed by atoms with Gasteiger partial charge in [0.2, 0.25) is 5.12 Å². The number of nitrogens with one attached hydrogen (secondary N) is 2. The van der Waals surface area contributed by atoms with Crippen LogP contribution in [0.1, 0.15) is 16.1 Å². The second-order valence-corrected chi connectivity index (χ2v) is 6.24. The van der Waals surface area contributed by atoms with E-state index in [0.717, 1.165) is 16.4 Å². The summed E-state index contributed by atoms with van der Waals surface area (Å²) in [6.07, 6.45) is 0. The minimum atomic E-state index is -0.613. The number of anilines is 1. The van der Waals surface area contributed by atoms with Crippen molar-refractivity contribution in [3.63, 3.8) is 0 Å². The van der Waals surface area contributed by atoms with Crippen molar-refractivity contribution in [2.24, 2.45) is 0 Å². The van der Waals surface area contributed by atoms with Gasteiger partial charge < -0.3 is 5.32 Å². The highest BCUT2D eigenvalue weighted by Gasteiger charge is 2.20. The van der Waals surface area contributed by atoms with Crippen LogP contribution in [0.2, 0.25) is 0 Å². The van der Waals surface area contributed by atoms with Gasteiger partial charge in [-0.2, -0.15) is 4.68 Å². The van der Waals surface area contributed by atoms with Crippen molar-refractivity contribution < 1.29 is 9.59 Å². The molecule has 1 amide bonds. The Morgan fingerprint density at radius 2 is 1.60 bits per heavy atom. The van der Waals surface area contributed by atoms with E-state index in [-0.39, 0.29) is 10.0 Å². The molecule has 0 radical (unpaired) electrons. The van der Waals surface area contributed by atoms with E-state index in [2.05, 4.69) is 10.4 Å². The van der Waals surface area contributed by atoms with Gasteiger partial charge in [0.25, 0.3) is 5.56 Å². The van der Waals surface area contributed by atoms with Crippen LogP contribution in [0.15, 0.2) is 70.4 Å². The Labute approximate surface area is 147 Å². The van der Waals surface area contributed by atoms with Crippen molar-refractivity contribution >= 4 is 28.6 Å². The van der Waals surface area contributed by atoms with Crippen molar-refractivity contribution in [1.29, 1.82) is 0 Å². The van der Waals surface area contributed by atoms with Gasteiger partial charge in [-0.1, -0.05) is 48.5 Å². The first-order valence-corrected chi connectivity index (χ1v) is 8.33. The summed E-state index contributed by atoms with van der Waals surface area (Å²) in [5.74, 6) is 0. The Balaban J connectivity index is 1.82. The van der Waals surface area contributed by atoms with E-state index in [4.69, 9.17) is 0 Å². The molecule has 0 aliphatic rings. The predicted octanol–water partition coefficient (Wildman–Crippen LogP) is 3.50. The Morgan fingerprint density at radius 1 is 1.00 bits per heavy atom. The van der Waals surface area contributed by atoms with E-state index in [1.54, 1.807) is 55.5 Å². The lowest BCUT2D eigenvalue weighted by Gasteiger charge is -2.04. The van der Waals surface area contributed by atoms with Crippen LogP contribution >= 0.6 is 11.8 Å². The molecule has 126 valence electrons. The molecule has 0 saturated carbocycles. The van der Waals surface area contributed by atoms with Gasteiger partial charge in [-0.15, -0.1) is 0 Å².